The van der Waals surface area contributed by atoms with Crippen molar-refractivity contribution in [1.82, 2.24) is 9.97 Å². The van der Waals surface area contributed by atoms with Gasteiger partial charge in [-0.2, -0.15) is 0 Å². The number of aromatic nitrogens is 2. The standard InChI is InChI=1S/C13H15ClN4/c1-9-16-8-12(14)13(18-9)17-7-11-4-2-10(6-15)3-5-11/h2-5,8H,6-7,15H2,1H3,(H,16,17,18). The molecule has 0 radical (unpaired) electrons. The molecule has 0 saturated carbocycles. The van der Waals surface area contributed by atoms with Gasteiger partial charge < -0.3 is 11.1 Å². The average molecular weight is 263 g/mol. The van der Waals surface area contributed by atoms with Gasteiger partial charge in [0.25, 0.3) is 0 Å². The number of nitrogens with two attached hydrogens (primary N) is 1. The highest BCUT2D eigenvalue weighted by molar-refractivity contribution is 6.32. The van der Waals surface area contributed by atoms with Gasteiger partial charge in [-0.1, -0.05) is 35.9 Å². The smallest absolute Gasteiger partial charge is 0.148 e. The number of nitrogens with zero attached hydrogens (tertiary/aromatic N) is 2. The fraction of sp³-hybridized carbons (Fsp3) is 0.231. The van der Waals surface area contributed by atoms with E-state index in [-0.39, 0.29) is 0 Å². The van der Waals surface area contributed by atoms with Gasteiger partial charge >= 0.3 is 0 Å². The van der Waals surface area contributed by atoms with Crippen molar-refractivity contribution in [2.24, 2.45) is 5.73 Å². The van der Waals surface area contributed by atoms with E-state index in [1.807, 2.05) is 31.2 Å². The average Bonchev–Trinajstić information content (AvgIpc) is 2.40. The van der Waals surface area contributed by atoms with Crippen LogP contribution in [0.5, 0.6) is 0 Å². The number of hydrogen-bond donors (Lipinski definition) is 2. The normalized spacial score (nSPS) is 10.4. The van der Waals surface area contributed by atoms with Crippen molar-refractivity contribution in [2.75, 3.05) is 5.32 Å². The molecule has 18 heavy (non-hydrogen) atoms. The lowest BCUT2D eigenvalue weighted by Crippen LogP contribution is -2.04. The Hall–Kier alpha value is -1.65. The summed E-state index contributed by atoms with van der Waals surface area (Å²) in [6.45, 7) is 3.06. The van der Waals surface area contributed by atoms with Gasteiger partial charge in [0, 0.05) is 13.1 Å². The van der Waals surface area contributed by atoms with Crippen LogP contribution in [0.1, 0.15) is 17.0 Å². The molecule has 0 bridgehead atoms. The largest absolute Gasteiger partial charge is 0.365 e. The van der Waals surface area contributed by atoms with Crippen LogP contribution in [0.25, 0.3) is 0 Å². The number of rotatable bonds is 4. The second kappa shape index (κ2) is 5.80. The third-order valence-corrected chi connectivity index (χ3v) is 2.86. The predicted molar refractivity (Wildman–Crippen MR) is 73.4 cm³/mol. The van der Waals surface area contributed by atoms with E-state index in [2.05, 4.69) is 15.3 Å². The maximum atomic E-state index is 6.01. The molecule has 4 nitrogen and oxygen atoms in total. The maximum absolute atomic E-state index is 6.01. The SMILES string of the molecule is Cc1ncc(Cl)c(NCc2ccc(CN)cc2)n1. The van der Waals surface area contributed by atoms with Crippen molar-refractivity contribution in [3.8, 4) is 0 Å². The van der Waals surface area contributed by atoms with Crippen LogP contribution in [0.3, 0.4) is 0 Å². The van der Waals surface area contributed by atoms with Gasteiger partial charge in [-0.3, -0.25) is 0 Å². The highest BCUT2D eigenvalue weighted by Gasteiger charge is 2.02. The van der Waals surface area contributed by atoms with Gasteiger partial charge in [0.05, 0.1) is 6.20 Å². The summed E-state index contributed by atoms with van der Waals surface area (Å²) in [4.78, 5) is 8.27. The molecular weight excluding hydrogens is 248 g/mol. The van der Waals surface area contributed by atoms with Crippen LogP contribution >= 0.6 is 11.6 Å². The summed E-state index contributed by atoms with van der Waals surface area (Å²) < 4.78 is 0. The Labute approximate surface area is 111 Å². The maximum Gasteiger partial charge on any atom is 0.148 e. The molecule has 2 aromatic rings. The van der Waals surface area contributed by atoms with Crippen LogP contribution < -0.4 is 11.1 Å². The van der Waals surface area contributed by atoms with E-state index < -0.39 is 0 Å². The fourth-order valence-corrected chi connectivity index (χ4v) is 1.72. The van der Waals surface area contributed by atoms with E-state index in [1.165, 1.54) is 0 Å². The zero-order valence-electron chi connectivity index (χ0n) is 10.2. The van der Waals surface area contributed by atoms with Gasteiger partial charge in [-0.25, -0.2) is 9.97 Å². The van der Waals surface area contributed by atoms with E-state index in [4.69, 9.17) is 17.3 Å². The minimum atomic E-state index is 0.527. The highest BCUT2D eigenvalue weighted by Crippen LogP contribution is 2.18. The molecule has 0 amide bonds. The summed E-state index contributed by atoms with van der Waals surface area (Å²) in [5.41, 5.74) is 7.82. The third kappa shape index (κ3) is 3.18. The molecule has 2 rings (SSSR count). The second-order valence-electron chi connectivity index (χ2n) is 3.99. The molecule has 5 heteroatoms. The van der Waals surface area contributed by atoms with Crippen molar-refractivity contribution in [2.45, 2.75) is 20.0 Å². The topological polar surface area (TPSA) is 63.8 Å². The number of anilines is 1. The lowest BCUT2D eigenvalue weighted by atomic mass is 10.1. The van der Waals surface area contributed by atoms with Crippen molar-refractivity contribution < 1.29 is 0 Å². The summed E-state index contributed by atoms with van der Waals surface area (Å²) in [6, 6.07) is 8.11. The number of aryl methyl sites for hydroxylation is 1. The van der Waals surface area contributed by atoms with Gasteiger partial charge in [-0.05, 0) is 18.1 Å². The van der Waals surface area contributed by atoms with E-state index in [0.717, 1.165) is 11.1 Å². The van der Waals surface area contributed by atoms with Crippen LogP contribution in [0.2, 0.25) is 5.02 Å². The van der Waals surface area contributed by atoms with Crippen LogP contribution in [0.4, 0.5) is 5.82 Å². The second-order valence-corrected chi connectivity index (χ2v) is 4.40. The number of halogens is 1. The zero-order chi connectivity index (χ0) is 13.0. The van der Waals surface area contributed by atoms with Gasteiger partial charge in [0.2, 0.25) is 0 Å². The summed E-state index contributed by atoms with van der Waals surface area (Å²) >= 11 is 6.01. The Bertz CT molecular complexity index is 525. The molecule has 3 N–H and O–H groups in total. The molecule has 1 aromatic heterocycles. The molecule has 0 unspecified atom stereocenters. The van der Waals surface area contributed by atoms with Crippen molar-refractivity contribution in [1.29, 1.82) is 0 Å². The van der Waals surface area contributed by atoms with Gasteiger partial charge in [-0.15, -0.1) is 0 Å². The first kappa shape index (κ1) is 12.8. The summed E-state index contributed by atoms with van der Waals surface area (Å²) in [6.07, 6.45) is 1.60. The minimum Gasteiger partial charge on any atom is -0.365 e. The lowest BCUT2D eigenvalue weighted by molar-refractivity contribution is 1.02. The molecule has 94 valence electrons. The first-order valence-corrected chi connectivity index (χ1v) is 6.07. The van der Waals surface area contributed by atoms with Crippen LogP contribution in [-0.2, 0) is 13.1 Å². The van der Waals surface area contributed by atoms with Crippen LogP contribution in [-0.4, -0.2) is 9.97 Å². The summed E-state index contributed by atoms with van der Waals surface area (Å²) in [7, 11) is 0. The van der Waals surface area contributed by atoms with Crippen molar-refractivity contribution >= 4 is 17.4 Å². The molecule has 0 atom stereocenters. The van der Waals surface area contributed by atoms with Crippen LogP contribution in [0.15, 0.2) is 30.5 Å². The molecule has 0 aliphatic heterocycles. The number of hydrogen-bond acceptors (Lipinski definition) is 4. The Morgan fingerprint density at radius 1 is 1.22 bits per heavy atom. The Morgan fingerprint density at radius 2 is 1.89 bits per heavy atom. The monoisotopic (exact) mass is 262 g/mol. The quantitative estimate of drug-likeness (QED) is 0.889. The van der Waals surface area contributed by atoms with Crippen LogP contribution in [0, 0.1) is 6.92 Å². The molecule has 1 heterocycles. The van der Waals surface area contributed by atoms with Crippen molar-refractivity contribution in [3.05, 3.63) is 52.4 Å². The first-order valence-electron chi connectivity index (χ1n) is 5.70. The van der Waals surface area contributed by atoms with E-state index >= 15 is 0 Å². The number of benzene rings is 1. The molecule has 0 saturated heterocycles. The van der Waals surface area contributed by atoms with E-state index in [9.17, 15) is 0 Å². The minimum absolute atomic E-state index is 0.527. The van der Waals surface area contributed by atoms with Gasteiger partial charge in [0.15, 0.2) is 0 Å². The molecular formula is C13H15ClN4. The molecule has 1 aromatic carbocycles. The Morgan fingerprint density at radius 3 is 2.56 bits per heavy atom. The zero-order valence-corrected chi connectivity index (χ0v) is 10.9. The molecule has 0 aliphatic rings. The third-order valence-electron chi connectivity index (χ3n) is 2.58. The number of nitrogens with one attached hydrogen (secondary N) is 1. The summed E-state index contributed by atoms with van der Waals surface area (Å²) in [5, 5.41) is 3.72. The lowest BCUT2D eigenvalue weighted by Gasteiger charge is -2.08. The highest BCUT2D eigenvalue weighted by atomic mass is 35.5. The Kier molecular flexibility index (Phi) is 4.12. The van der Waals surface area contributed by atoms with E-state index in [1.54, 1.807) is 6.20 Å². The summed E-state index contributed by atoms with van der Waals surface area (Å²) in [5.74, 6) is 1.35. The first-order chi connectivity index (χ1) is 8.69. The van der Waals surface area contributed by atoms with Crippen molar-refractivity contribution in [3.63, 3.8) is 0 Å². The Balaban J connectivity index is 2.04. The predicted octanol–water partition coefficient (Wildman–Crippen LogP) is 2.51. The van der Waals surface area contributed by atoms with E-state index in [0.29, 0.717) is 29.8 Å². The van der Waals surface area contributed by atoms with Gasteiger partial charge in [0.1, 0.15) is 16.7 Å². The molecule has 0 aliphatic carbocycles. The molecule has 0 fully saturated rings. The molecule has 0 spiro atoms. The fourth-order valence-electron chi connectivity index (χ4n) is 1.56.